The first-order valence-corrected chi connectivity index (χ1v) is 9.07. The van der Waals surface area contributed by atoms with Crippen LogP contribution in [0, 0.1) is 5.82 Å². The molecule has 8 heteroatoms. The molecule has 0 aliphatic carbocycles. The Bertz CT molecular complexity index is 949. The minimum atomic E-state index is -0.518. The molecule has 0 saturated carbocycles. The highest BCUT2D eigenvalue weighted by atomic mass is 19.1. The molecule has 1 unspecified atom stereocenters. The van der Waals surface area contributed by atoms with Crippen LogP contribution in [0.15, 0.2) is 60.8 Å². The second-order valence-corrected chi connectivity index (χ2v) is 6.23. The molecule has 0 bridgehead atoms. The van der Waals surface area contributed by atoms with Gasteiger partial charge in [-0.2, -0.15) is 0 Å². The Labute approximate surface area is 167 Å². The lowest BCUT2D eigenvalue weighted by Gasteiger charge is -2.14. The van der Waals surface area contributed by atoms with Gasteiger partial charge in [-0.25, -0.2) is 14.4 Å². The lowest BCUT2D eigenvalue weighted by atomic mass is 10.2. The van der Waals surface area contributed by atoms with Gasteiger partial charge in [-0.15, -0.1) is 0 Å². The Balaban J connectivity index is 1.66. The minimum absolute atomic E-state index is 0.114. The van der Waals surface area contributed by atoms with Gasteiger partial charge in [0.15, 0.2) is 5.82 Å². The molecule has 3 N–H and O–H groups in total. The van der Waals surface area contributed by atoms with Crippen molar-refractivity contribution >= 4 is 11.7 Å². The van der Waals surface area contributed by atoms with Crippen LogP contribution in [-0.2, 0) is 4.79 Å². The largest absolute Gasteiger partial charge is 0.457 e. The molecule has 0 aliphatic rings. The van der Waals surface area contributed by atoms with E-state index in [-0.39, 0.29) is 24.9 Å². The minimum Gasteiger partial charge on any atom is -0.457 e. The number of rotatable bonds is 8. The molecule has 0 saturated heterocycles. The van der Waals surface area contributed by atoms with Gasteiger partial charge in [-0.3, -0.25) is 4.79 Å². The number of nitrogens with zero attached hydrogens (tertiary/aromatic N) is 2. The van der Waals surface area contributed by atoms with E-state index in [9.17, 15) is 9.18 Å². The summed E-state index contributed by atoms with van der Waals surface area (Å²) in [6.07, 6.45) is 1.60. The smallest absolute Gasteiger partial charge is 0.242 e. The molecule has 3 rings (SSSR count). The van der Waals surface area contributed by atoms with Crippen molar-refractivity contribution in [1.29, 1.82) is 0 Å². The molecule has 0 radical (unpaired) electrons. The summed E-state index contributed by atoms with van der Waals surface area (Å²) in [5.41, 5.74) is 0.775. The number of carbonyl (C=O) groups is 1. The van der Waals surface area contributed by atoms with Gasteiger partial charge in [-0.05, 0) is 61.5 Å². The van der Waals surface area contributed by atoms with Gasteiger partial charge < -0.3 is 20.5 Å². The Morgan fingerprint density at radius 3 is 2.41 bits per heavy atom. The third-order valence-electron chi connectivity index (χ3n) is 3.99. The van der Waals surface area contributed by atoms with E-state index in [2.05, 4.69) is 20.6 Å². The number of aliphatic hydroxyl groups excluding tert-OH is 1. The number of aromatic nitrogens is 2. The summed E-state index contributed by atoms with van der Waals surface area (Å²) in [6, 6.07) is 14.1. The highest BCUT2D eigenvalue weighted by Gasteiger charge is 2.13. The van der Waals surface area contributed by atoms with E-state index in [0.717, 1.165) is 5.56 Å². The van der Waals surface area contributed by atoms with E-state index >= 15 is 0 Å². The number of benzene rings is 2. The van der Waals surface area contributed by atoms with Gasteiger partial charge in [0.05, 0.1) is 6.61 Å². The Hall–Kier alpha value is -3.52. The van der Waals surface area contributed by atoms with Crippen LogP contribution in [0.2, 0.25) is 0 Å². The van der Waals surface area contributed by atoms with Crippen molar-refractivity contribution in [1.82, 2.24) is 15.3 Å². The fraction of sp³-hybridized carbons (Fsp3) is 0.190. The van der Waals surface area contributed by atoms with Crippen LogP contribution < -0.4 is 15.4 Å². The van der Waals surface area contributed by atoms with E-state index in [4.69, 9.17) is 9.84 Å². The Kier molecular flexibility index (Phi) is 6.70. The number of aliphatic hydroxyl groups is 1. The maximum Gasteiger partial charge on any atom is 0.242 e. The van der Waals surface area contributed by atoms with Gasteiger partial charge in [0.2, 0.25) is 5.91 Å². The summed E-state index contributed by atoms with van der Waals surface area (Å²) in [7, 11) is 0. The number of carbonyl (C=O) groups excluding carboxylic acids is 1. The van der Waals surface area contributed by atoms with Crippen molar-refractivity contribution in [2.75, 3.05) is 18.5 Å². The topological polar surface area (TPSA) is 96.4 Å². The van der Waals surface area contributed by atoms with Crippen LogP contribution >= 0.6 is 0 Å². The summed E-state index contributed by atoms with van der Waals surface area (Å²) in [4.78, 5) is 20.6. The number of amides is 1. The fourth-order valence-electron chi connectivity index (χ4n) is 2.51. The van der Waals surface area contributed by atoms with E-state index in [1.807, 2.05) is 12.1 Å². The van der Waals surface area contributed by atoms with Crippen LogP contribution in [0.4, 0.5) is 10.2 Å². The summed E-state index contributed by atoms with van der Waals surface area (Å²) < 4.78 is 18.6. The fourth-order valence-corrected chi connectivity index (χ4v) is 2.51. The van der Waals surface area contributed by atoms with Crippen LogP contribution in [0.3, 0.4) is 0 Å². The zero-order valence-corrected chi connectivity index (χ0v) is 15.8. The predicted octanol–water partition coefficient (Wildman–Crippen LogP) is 2.98. The third-order valence-corrected chi connectivity index (χ3v) is 3.99. The predicted molar refractivity (Wildman–Crippen MR) is 107 cm³/mol. The Morgan fingerprint density at radius 2 is 1.76 bits per heavy atom. The first-order valence-electron chi connectivity index (χ1n) is 9.07. The first-order chi connectivity index (χ1) is 14.0. The molecule has 7 nitrogen and oxygen atoms in total. The lowest BCUT2D eigenvalue weighted by molar-refractivity contribution is -0.121. The second kappa shape index (κ2) is 9.61. The summed E-state index contributed by atoms with van der Waals surface area (Å²) in [5.74, 6) is 1.58. The second-order valence-electron chi connectivity index (χ2n) is 6.23. The standard InChI is InChI=1S/C21H21FN4O3/c1-14(21(28)24-12-13-27)25-19-10-11-23-20(26-19)15-2-6-17(7-3-15)29-18-8-4-16(22)5-9-18/h2-11,14,27H,12-13H2,1H3,(H,24,28)(H,23,25,26). The van der Waals surface area contributed by atoms with Gasteiger partial charge in [0.1, 0.15) is 29.2 Å². The molecule has 0 spiro atoms. The Morgan fingerprint density at radius 1 is 1.10 bits per heavy atom. The molecule has 1 amide bonds. The van der Waals surface area contributed by atoms with Gasteiger partial charge in [0, 0.05) is 18.3 Å². The van der Waals surface area contributed by atoms with Gasteiger partial charge in [0.25, 0.3) is 0 Å². The molecule has 3 aromatic rings. The maximum absolute atomic E-state index is 13.0. The molecule has 150 valence electrons. The number of hydrogen-bond acceptors (Lipinski definition) is 6. The van der Waals surface area contributed by atoms with E-state index < -0.39 is 6.04 Å². The molecule has 0 aliphatic heterocycles. The average Bonchev–Trinajstić information content (AvgIpc) is 2.74. The van der Waals surface area contributed by atoms with E-state index in [1.165, 1.54) is 12.1 Å². The number of halogens is 1. The van der Waals surface area contributed by atoms with Crippen LogP contribution in [-0.4, -0.2) is 40.2 Å². The highest BCUT2D eigenvalue weighted by molar-refractivity contribution is 5.83. The monoisotopic (exact) mass is 396 g/mol. The molecular weight excluding hydrogens is 375 g/mol. The first kappa shape index (κ1) is 20.2. The number of ether oxygens (including phenoxy) is 1. The lowest BCUT2D eigenvalue weighted by Crippen LogP contribution is -2.39. The van der Waals surface area contributed by atoms with Gasteiger partial charge >= 0.3 is 0 Å². The van der Waals surface area contributed by atoms with E-state index in [1.54, 1.807) is 43.5 Å². The third kappa shape index (κ3) is 5.73. The zero-order valence-electron chi connectivity index (χ0n) is 15.8. The number of nitrogens with one attached hydrogen (secondary N) is 2. The zero-order chi connectivity index (χ0) is 20.6. The van der Waals surface area contributed by atoms with Crippen molar-refractivity contribution in [2.24, 2.45) is 0 Å². The highest BCUT2D eigenvalue weighted by Crippen LogP contribution is 2.25. The molecule has 1 heterocycles. The van der Waals surface area contributed by atoms with Gasteiger partial charge in [-0.1, -0.05) is 0 Å². The van der Waals surface area contributed by atoms with Crippen LogP contribution in [0.1, 0.15) is 6.92 Å². The molecule has 1 atom stereocenters. The average molecular weight is 396 g/mol. The van der Waals surface area contributed by atoms with Crippen molar-refractivity contribution < 1.29 is 19.0 Å². The van der Waals surface area contributed by atoms with Crippen molar-refractivity contribution in [3.63, 3.8) is 0 Å². The van der Waals surface area contributed by atoms with Crippen molar-refractivity contribution in [3.8, 4) is 22.9 Å². The van der Waals surface area contributed by atoms with Crippen molar-refractivity contribution in [2.45, 2.75) is 13.0 Å². The summed E-state index contributed by atoms with van der Waals surface area (Å²) in [6.45, 7) is 1.79. The van der Waals surface area contributed by atoms with Crippen molar-refractivity contribution in [3.05, 3.63) is 66.6 Å². The summed E-state index contributed by atoms with van der Waals surface area (Å²) in [5, 5.41) is 14.4. The summed E-state index contributed by atoms with van der Waals surface area (Å²) >= 11 is 0. The molecule has 29 heavy (non-hydrogen) atoms. The van der Waals surface area contributed by atoms with Crippen LogP contribution in [0.25, 0.3) is 11.4 Å². The quantitative estimate of drug-likeness (QED) is 0.542. The number of anilines is 1. The molecule has 1 aromatic heterocycles. The van der Waals surface area contributed by atoms with E-state index in [0.29, 0.717) is 23.1 Å². The van der Waals surface area contributed by atoms with Crippen LogP contribution in [0.5, 0.6) is 11.5 Å². The number of hydrogen-bond donors (Lipinski definition) is 3. The maximum atomic E-state index is 13.0. The molecule has 2 aromatic carbocycles. The normalized spacial score (nSPS) is 11.6. The molecule has 0 fully saturated rings. The molecular formula is C21H21FN4O3. The SMILES string of the molecule is CC(Nc1ccnc(-c2ccc(Oc3ccc(F)cc3)cc2)n1)C(=O)NCCO.